The van der Waals surface area contributed by atoms with Crippen LogP contribution in [0.15, 0.2) is 41.4 Å². The van der Waals surface area contributed by atoms with E-state index in [1.807, 2.05) is 36.4 Å². The Hall–Kier alpha value is -1.55. The molecule has 94 valence electrons. The van der Waals surface area contributed by atoms with Gasteiger partial charge in [-0.1, -0.05) is 51.1 Å². The number of anilines is 1. The Balaban J connectivity index is 2.39. The smallest absolute Gasteiger partial charge is 0.162 e. The molecule has 0 radical (unpaired) electrons. The lowest BCUT2D eigenvalue weighted by Gasteiger charge is -2.17. The molecule has 3 nitrogen and oxygen atoms in total. The third-order valence-electron chi connectivity index (χ3n) is 2.17. The van der Waals surface area contributed by atoms with Crippen molar-refractivity contribution in [3.8, 4) is 11.4 Å². The van der Waals surface area contributed by atoms with Gasteiger partial charge in [-0.05, 0) is 0 Å². The van der Waals surface area contributed by atoms with E-state index in [0.29, 0.717) is 11.6 Å². The summed E-state index contributed by atoms with van der Waals surface area (Å²) >= 11 is 1.69. The van der Waals surface area contributed by atoms with Gasteiger partial charge in [-0.15, -0.1) is 11.8 Å². The van der Waals surface area contributed by atoms with Crippen LogP contribution in [0.5, 0.6) is 0 Å². The van der Waals surface area contributed by atoms with Crippen molar-refractivity contribution in [2.45, 2.75) is 30.5 Å². The van der Waals surface area contributed by atoms with Crippen LogP contribution >= 0.6 is 11.8 Å². The number of hydrogen-bond acceptors (Lipinski definition) is 4. The number of nitrogens with zero attached hydrogens (tertiary/aromatic N) is 2. The van der Waals surface area contributed by atoms with Crippen LogP contribution in [0.4, 0.5) is 5.82 Å². The molecule has 2 N–H and O–H groups in total. The minimum atomic E-state index is 0.106. The molecule has 18 heavy (non-hydrogen) atoms. The summed E-state index contributed by atoms with van der Waals surface area (Å²) in [4.78, 5) is 8.85. The second-order valence-corrected chi connectivity index (χ2v) is 6.88. The van der Waals surface area contributed by atoms with Crippen molar-refractivity contribution in [2.75, 3.05) is 5.73 Å². The molecular weight excluding hydrogens is 242 g/mol. The second kappa shape index (κ2) is 4.98. The molecule has 0 aliphatic heterocycles. The largest absolute Gasteiger partial charge is 0.384 e. The van der Waals surface area contributed by atoms with Gasteiger partial charge in [0.25, 0.3) is 0 Å². The fourth-order valence-electron chi connectivity index (χ4n) is 1.53. The van der Waals surface area contributed by atoms with Crippen LogP contribution in [-0.4, -0.2) is 14.7 Å². The molecule has 0 saturated heterocycles. The van der Waals surface area contributed by atoms with Gasteiger partial charge in [0.1, 0.15) is 10.8 Å². The van der Waals surface area contributed by atoms with E-state index in [1.165, 1.54) is 0 Å². The maximum atomic E-state index is 5.85. The van der Waals surface area contributed by atoms with Crippen molar-refractivity contribution in [1.82, 2.24) is 9.97 Å². The van der Waals surface area contributed by atoms with E-state index in [4.69, 9.17) is 5.73 Å². The number of thioether (sulfide) groups is 1. The quantitative estimate of drug-likeness (QED) is 0.661. The third kappa shape index (κ3) is 3.47. The van der Waals surface area contributed by atoms with Crippen LogP contribution in [0.3, 0.4) is 0 Å². The van der Waals surface area contributed by atoms with Gasteiger partial charge in [0.2, 0.25) is 0 Å². The monoisotopic (exact) mass is 259 g/mol. The average Bonchev–Trinajstić information content (AvgIpc) is 2.27. The molecule has 0 atom stereocenters. The van der Waals surface area contributed by atoms with Crippen molar-refractivity contribution in [2.24, 2.45) is 0 Å². The first-order chi connectivity index (χ1) is 8.44. The molecule has 0 bridgehead atoms. The van der Waals surface area contributed by atoms with E-state index >= 15 is 0 Å². The zero-order valence-corrected chi connectivity index (χ0v) is 11.7. The molecular formula is C14H17N3S. The van der Waals surface area contributed by atoms with E-state index in [-0.39, 0.29) is 4.75 Å². The van der Waals surface area contributed by atoms with E-state index in [0.717, 1.165) is 10.6 Å². The molecule has 4 heteroatoms. The fourth-order valence-corrected chi connectivity index (χ4v) is 2.46. The lowest BCUT2D eigenvalue weighted by atomic mass is 10.2. The van der Waals surface area contributed by atoms with Gasteiger partial charge in [0.15, 0.2) is 5.82 Å². The van der Waals surface area contributed by atoms with Crippen LogP contribution in [0.1, 0.15) is 20.8 Å². The molecule has 0 amide bonds. The van der Waals surface area contributed by atoms with Crippen molar-refractivity contribution in [1.29, 1.82) is 0 Å². The summed E-state index contributed by atoms with van der Waals surface area (Å²) in [7, 11) is 0. The molecule has 1 aromatic heterocycles. The number of nitrogens with two attached hydrogens (primary N) is 1. The topological polar surface area (TPSA) is 51.8 Å². The Labute approximate surface area is 112 Å². The van der Waals surface area contributed by atoms with Crippen molar-refractivity contribution >= 4 is 17.6 Å². The maximum Gasteiger partial charge on any atom is 0.162 e. The highest BCUT2D eigenvalue weighted by Gasteiger charge is 2.15. The Morgan fingerprint density at radius 2 is 1.72 bits per heavy atom. The van der Waals surface area contributed by atoms with Crippen LogP contribution < -0.4 is 5.73 Å². The highest BCUT2D eigenvalue weighted by molar-refractivity contribution is 8.00. The van der Waals surface area contributed by atoms with Crippen LogP contribution in [0.25, 0.3) is 11.4 Å². The van der Waals surface area contributed by atoms with Crippen molar-refractivity contribution in [3.63, 3.8) is 0 Å². The van der Waals surface area contributed by atoms with Crippen LogP contribution in [0, 0.1) is 0 Å². The van der Waals surface area contributed by atoms with Gasteiger partial charge >= 0.3 is 0 Å². The standard InChI is InChI=1S/C14H17N3S/c1-14(2,3)18-12-9-11(15)16-13(17-12)10-7-5-4-6-8-10/h4-9H,1-3H3,(H2,15,16,17). The Bertz CT molecular complexity index is 532. The fraction of sp³-hybridized carbons (Fsp3) is 0.286. The predicted molar refractivity (Wildman–Crippen MR) is 77.5 cm³/mol. The molecule has 1 heterocycles. The highest BCUT2D eigenvalue weighted by atomic mass is 32.2. The van der Waals surface area contributed by atoms with Gasteiger partial charge in [0.05, 0.1) is 0 Å². The Morgan fingerprint density at radius 3 is 2.33 bits per heavy atom. The predicted octanol–water partition coefficient (Wildman–Crippen LogP) is 3.62. The summed E-state index contributed by atoms with van der Waals surface area (Å²) in [6.07, 6.45) is 0. The summed E-state index contributed by atoms with van der Waals surface area (Å²) in [6.45, 7) is 6.45. The van der Waals surface area contributed by atoms with Gasteiger partial charge < -0.3 is 5.73 Å². The second-order valence-electron chi connectivity index (χ2n) is 5.04. The molecule has 0 saturated carbocycles. The number of benzene rings is 1. The van der Waals surface area contributed by atoms with Crippen LogP contribution in [-0.2, 0) is 0 Å². The molecule has 0 spiro atoms. The summed E-state index contributed by atoms with van der Waals surface area (Å²) < 4.78 is 0.106. The van der Waals surface area contributed by atoms with Gasteiger partial charge in [-0.25, -0.2) is 9.97 Å². The van der Waals surface area contributed by atoms with E-state index in [2.05, 4.69) is 30.7 Å². The average molecular weight is 259 g/mol. The van der Waals surface area contributed by atoms with Gasteiger partial charge in [0, 0.05) is 16.4 Å². The van der Waals surface area contributed by atoms with E-state index in [9.17, 15) is 0 Å². The molecule has 0 fully saturated rings. The summed E-state index contributed by atoms with van der Waals surface area (Å²) in [5.74, 6) is 1.19. The Morgan fingerprint density at radius 1 is 1.06 bits per heavy atom. The summed E-state index contributed by atoms with van der Waals surface area (Å²) in [5, 5.41) is 0.911. The van der Waals surface area contributed by atoms with Gasteiger partial charge in [-0.3, -0.25) is 0 Å². The first-order valence-electron chi connectivity index (χ1n) is 5.83. The SMILES string of the molecule is CC(C)(C)Sc1cc(N)nc(-c2ccccc2)n1. The third-order valence-corrected chi connectivity index (χ3v) is 3.20. The number of nitrogen functional groups attached to an aromatic ring is 1. The van der Waals surface area contributed by atoms with Gasteiger partial charge in [-0.2, -0.15) is 0 Å². The molecule has 0 aliphatic rings. The number of rotatable bonds is 2. The minimum Gasteiger partial charge on any atom is -0.384 e. The Kier molecular flexibility index (Phi) is 3.57. The number of hydrogen-bond donors (Lipinski definition) is 1. The minimum absolute atomic E-state index is 0.106. The first kappa shape index (κ1) is 12.9. The highest BCUT2D eigenvalue weighted by Crippen LogP contribution is 2.32. The molecule has 1 aromatic carbocycles. The lowest BCUT2D eigenvalue weighted by molar-refractivity contribution is 0.799. The van der Waals surface area contributed by atoms with Crippen molar-refractivity contribution in [3.05, 3.63) is 36.4 Å². The van der Waals surface area contributed by atoms with Crippen molar-refractivity contribution < 1.29 is 0 Å². The first-order valence-corrected chi connectivity index (χ1v) is 6.65. The summed E-state index contributed by atoms with van der Waals surface area (Å²) in [6, 6.07) is 11.7. The molecule has 0 aliphatic carbocycles. The summed E-state index contributed by atoms with van der Waals surface area (Å²) in [5.41, 5.74) is 6.84. The molecule has 2 aromatic rings. The lowest BCUT2D eigenvalue weighted by Crippen LogP contribution is -2.08. The zero-order valence-electron chi connectivity index (χ0n) is 10.8. The van der Waals surface area contributed by atoms with Crippen LogP contribution in [0.2, 0.25) is 0 Å². The number of aromatic nitrogens is 2. The van der Waals surface area contributed by atoms with E-state index in [1.54, 1.807) is 11.8 Å². The van der Waals surface area contributed by atoms with E-state index < -0.39 is 0 Å². The molecule has 0 unspecified atom stereocenters. The molecule has 2 rings (SSSR count). The maximum absolute atomic E-state index is 5.85. The zero-order chi connectivity index (χ0) is 13.2. The normalized spacial score (nSPS) is 11.5.